The summed E-state index contributed by atoms with van der Waals surface area (Å²) in [7, 11) is 0. The lowest BCUT2D eigenvalue weighted by molar-refractivity contribution is 0.0876. The number of benzene rings is 1. The quantitative estimate of drug-likeness (QED) is 0.717. The van der Waals surface area contributed by atoms with Gasteiger partial charge in [0.05, 0.1) is 5.69 Å². The summed E-state index contributed by atoms with van der Waals surface area (Å²) in [6.45, 7) is 9.41. The van der Waals surface area contributed by atoms with E-state index < -0.39 is 6.09 Å². The van der Waals surface area contributed by atoms with Crippen LogP contribution in [0.15, 0.2) is 24.3 Å². The topological polar surface area (TPSA) is 60.5 Å². The average Bonchev–Trinajstić information content (AvgIpc) is 3.09. The van der Waals surface area contributed by atoms with E-state index in [1.807, 2.05) is 0 Å². The van der Waals surface area contributed by atoms with Crippen molar-refractivity contribution in [2.45, 2.75) is 78.0 Å². The molecule has 2 aliphatic rings. The molecule has 1 aliphatic carbocycles. The summed E-state index contributed by atoms with van der Waals surface area (Å²) in [6, 6.07) is 9.95. The molecule has 0 bridgehead atoms. The standard InChI is InChI=1S/C25H37N3O2/c1-17(2)19-5-7-21(8-6-19)27-12-10-22(11-13-27)28-23(16-30-25(26)29)15-20-14-18(3)4-9-24(20)28/h4,9,14-15,17,19,21-22H,5-8,10-13,16H2,1-3H3,(H2,26,29). The smallest absolute Gasteiger partial charge is 0.404 e. The molecule has 1 aliphatic heterocycles. The Morgan fingerprint density at radius 1 is 1.07 bits per heavy atom. The molecule has 1 amide bonds. The van der Waals surface area contributed by atoms with Gasteiger partial charge in [-0.1, -0.05) is 25.5 Å². The Morgan fingerprint density at radius 3 is 2.40 bits per heavy atom. The predicted molar refractivity (Wildman–Crippen MR) is 121 cm³/mol. The third-order valence-electron chi connectivity index (χ3n) is 7.50. The second-order valence-corrected chi connectivity index (χ2v) is 9.76. The Bertz CT molecular complexity index is 872. The molecule has 1 aromatic carbocycles. The SMILES string of the molecule is Cc1ccc2c(c1)cc(COC(N)=O)n2C1CCN(C2CCC(C(C)C)CC2)CC1. The van der Waals surface area contributed by atoms with Gasteiger partial charge in [-0.3, -0.25) is 0 Å². The van der Waals surface area contributed by atoms with Gasteiger partial charge in [0.25, 0.3) is 0 Å². The van der Waals surface area contributed by atoms with Gasteiger partial charge in [0.2, 0.25) is 0 Å². The van der Waals surface area contributed by atoms with Gasteiger partial charge in [0.15, 0.2) is 0 Å². The lowest BCUT2D eigenvalue weighted by atomic mass is 9.79. The second kappa shape index (κ2) is 9.01. The van der Waals surface area contributed by atoms with Gasteiger partial charge in [0.1, 0.15) is 6.61 Å². The second-order valence-electron chi connectivity index (χ2n) is 9.76. The van der Waals surface area contributed by atoms with Crippen molar-refractivity contribution in [3.8, 4) is 0 Å². The van der Waals surface area contributed by atoms with E-state index >= 15 is 0 Å². The Labute approximate surface area is 180 Å². The van der Waals surface area contributed by atoms with Crippen LogP contribution >= 0.6 is 0 Å². The Balaban J connectivity index is 1.46. The van der Waals surface area contributed by atoms with Gasteiger partial charge < -0.3 is 19.9 Å². The molecule has 5 heteroatoms. The lowest BCUT2D eigenvalue weighted by Crippen LogP contribution is -2.44. The number of aromatic nitrogens is 1. The highest BCUT2D eigenvalue weighted by Crippen LogP contribution is 2.36. The van der Waals surface area contributed by atoms with Crippen molar-refractivity contribution in [2.24, 2.45) is 17.6 Å². The highest BCUT2D eigenvalue weighted by molar-refractivity contribution is 5.82. The van der Waals surface area contributed by atoms with Crippen LogP contribution in [0.2, 0.25) is 0 Å². The number of carbonyl (C=O) groups excluding carboxylic acids is 1. The fourth-order valence-corrected chi connectivity index (χ4v) is 5.74. The van der Waals surface area contributed by atoms with E-state index in [0.29, 0.717) is 6.04 Å². The number of aryl methyl sites for hydroxylation is 1. The summed E-state index contributed by atoms with van der Waals surface area (Å²) in [4.78, 5) is 13.9. The number of primary amides is 1. The molecule has 1 saturated heterocycles. The fourth-order valence-electron chi connectivity index (χ4n) is 5.74. The van der Waals surface area contributed by atoms with E-state index in [1.165, 1.54) is 42.1 Å². The largest absolute Gasteiger partial charge is 0.443 e. The van der Waals surface area contributed by atoms with Crippen molar-refractivity contribution in [1.29, 1.82) is 0 Å². The van der Waals surface area contributed by atoms with E-state index in [-0.39, 0.29) is 6.61 Å². The minimum absolute atomic E-state index is 0.239. The first-order valence-electron chi connectivity index (χ1n) is 11.7. The van der Waals surface area contributed by atoms with Crippen LogP contribution in [0.5, 0.6) is 0 Å². The van der Waals surface area contributed by atoms with Crippen LogP contribution in [0.3, 0.4) is 0 Å². The highest BCUT2D eigenvalue weighted by atomic mass is 16.5. The third-order valence-corrected chi connectivity index (χ3v) is 7.50. The minimum atomic E-state index is -0.713. The van der Waals surface area contributed by atoms with Gasteiger partial charge in [0, 0.05) is 36.1 Å². The first-order chi connectivity index (χ1) is 14.4. The molecule has 0 unspecified atom stereocenters. The fraction of sp³-hybridized carbons (Fsp3) is 0.640. The van der Waals surface area contributed by atoms with Crippen molar-refractivity contribution >= 4 is 17.0 Å². The first-order valence-corrected chi connectivity index (χ1v) is 11.7. The number of hydrogen-bond donors (Lipinski definition) is 1. The molecular formula is C25H37N3O2. The number of carbonyl (C=O) groups is 1. The summed E-state index contributed by atoms with van der Waals surface area (Å²) in [5.74, 6) is 1.74. The number of fused-ring (bicyclic) bond motifs is 1. The minimum Gasteiger partial charge on any atom is -0.443 e. The third kappa shape index (κ3) is 4.51. The number of nitrogens with two attached hydrogens (primary N) is 1. The Hall–Kier alpha value is -2.01. The summed E-state index contributed by atoms with van der Waals surface area (Å²) < 4.78 is 7.58. The monoisotopic (exact) mass is 411 g/mol. The Morgan fingerprint density at radius 2 is 1.77 bits per heavy atom. The number of ether oxygens (including phenoxy) is 1. The number of hydrogen-bond acceptors (Lipinski definition) is 3. The van der Waals surface area contributed by atoms with Gasteiger partial charge >= 0.3 is 6.09 Å². The molecule has 2 fully saturated rings. The Kier molecular flexibility index (Phi) is 6.37. The molecule has 1 saturated carbocycles. The molecule has 2 N–H and O–H groups in total. The molecule has 0 atom stereocenters. The van der Waals surface area contributed by atoms with Crippen molar-refractivity contribution in [3.05, 3.63) is 35.5 Å². The molecule has 0 spiro atoms. The summed E-state index contributed by atoms with van der Waals surface area (Å²) in [5, 5.41) is 1.22. The number of likely N-dealkylation sites (tertiary alicyclic amines) is 1. The van der Waals surface area contributed by atoms with Crippen molar-refractivity contribution < 1.29 is 9.53 Å². The van der Waals surface area contributed by atoms with Crippen LogP contribution in [0.4, 0.5) is 4.79 Å². The van der Waals surface area contributed by atoms with Crippen molar-refractivity contribution in [1.82, 2.24) is 9.47 Å². The van der Waals surface area contributed by atoms with E-state index in [0.717, 1.165) is 49.5 Å². The molecule has 1 aromatic heterocycles. The summed E-state index contributed by atoms with van der Waals surface area (Å²) >= 11 is 0. The molecule has 4 rings (SSSR count). The molecular weight excluding hydrogens is 374 g/mol. The molecule has 0 radical (unpaired) electrons. The van der Waals surface area contributed by atoms with E-state index in [2.05, 4.69) is 54.5 Å². The molecule has 30 heavy (non-hydrogen) atoms. The maximum absolute atomic E-state index is 11.2. The van der Waals surface area contributed by atoms with Gasteiger partial charge in [-0.15, -0.1) is 0 Å². The van der Waals surface area contributed by atoms with Gasteiger partial charge in [-0.25, -0.2) is 4.79 Å². The van der Waals surface area contributed by atoms with Crippen molar-refractivity contribution in [3.63, 3.8) is 0 Å². The van der Waals surface area contributed by atoms with Crippen LogP contribution in [0, 0.1) is 18.8 Å². The summed E-state index contributed by atoms with van der Waals surface area (Å²) in [6.07, 6.45) is 7.07. The lowest BCUT2D eigenvalue weighted by Gasteiger charge is -2.42. The molecule has 2 aromatic rings. The van der Waals surface area contributed by atoms with Crippen LogP contribution < -0.4 is 5.73 Å². The number of nitrogens with zero attached hydrogens (tertiary/aromatic N) is 2. The maximum atomic E-state index is 11.2. The van der Waals surface area contributed by atoms with Gasteiger partial charge in [-0.2, -0.15) is 0 Å². The summed E-state index contributed by atoms with van der Waals surface area (Å²) in [5.41, 5.74) is 8.77. The van der Waals surface area contributed by atoms with Crippen LogP contribution in [-0.2, 0) is 11.3 Å². The van der Waals surface area contributed by atoms with E-state index in [9.17, 15) is 4.79 Å². The zero-order valence-corrected chi connectivity index (χ0v) is 18.8. The van der Waals surface area contributed by atoms with Crippen LogP contribution in [0.25, 0.3) is 10.9 Å². The normalized spacial score (nSPS) is 23.9. The van der Waals surface area contributed by atoms with Crippen LogP contribution in [0.1, 0.15) is 69.7 Å². The molecule has 5 nitrogen and oxygen atoms in total. The van der Waals surface area contributed by atoms with E-state index in [4.69, 9.17) is 10.5 Å². The van der Waals surface area contributed by atoms with Crippen molar-refractivity contribution in [2.75, 3.05) is 13.1 Å². The number of amides is 1. The number of piperidine rings is 1. The zero-order chi connectivity index (χ0) is 21.3. The molecule has 2 heterocycles. The zero-order valence-electron chi connectivity index (χ0n) is 18.8. The van der Waals surface area contributed by atoms with Gasteiger partial charge in [-0.05, 0) is 75.5 Å². The average molecular weight is 412 g/mol. The first kappa shape index (κ1) is 21.2. The molecule has 164 valence electrons. The van der Waals surface area contributed by atoms with Crippen LogP contribution in [-0.4, -0.2) is 34.7 Å². The number of rotatable bonds is 5. The van der Waals surface area contributed by atoms with E-state index in [1.54, 1.807) is 0 Å². The predicted octanol–water partition coefficient (Wildman–Crippen LogP) is 5.40. The maximum Gasteiger partial charge on any atom is 0.404 e. The highest BCUT2D eigenvalue weighted by Gasteiger charge is 2.31.